The van der Waals surface area contributed by atoms with Crippen LogP contribution in [0.25, 0.3) is 0 Å². The highest BCUT2D eigenvalue weighted by Gasteiger charge is 2.28. The molecule has 2 heterocycles. The first kappa shape index (κ1) is 21.6. The molecule has 0 unspecified atom stereocenters. The molecule has 1 aromatic heterocycles. The minimum absolute atomic E-state index is 0.159. The van der Waals surface area contributed by atoms with E-state index >= 15 is 0 Å². The molecule has 2 aromatic carbocycles. The van der Waals surface area contributed by atoms with Crippen LogP contribution in [-0.4, -0.2) is 52.1 Å². The molecule has 0 radical (unpaired) electrons. The Morgan fingerprint density at radius 2 is 1.65 bits per heavy atom. The van der Waals surface area contributed by atoms with Crippen LogP contribution in [0.1, 0.15) is 40.5 Å². The summed E-state index contributed by atoms with van der Waals surface area (Å²) in [6.07, 6.45) is 1.27. The number of H-pyrrole nitrogens is 1. The van der Waals surface area contributed by atoms with Crippen LogP contribution in [0.3, 0.4) is 0 Å². The first-order valence-corrected chi connectivity index (χ1v) is 11.2. The quantitative estimate of drug-likeness (QED) is 0.616. The molecule has 6 heteroatoms. The van der Waals surface area contributed by atoms with E-state index in [4.69, 9.17) is 11.6 Å². The molecule has 1 aliphatic heterocycles. The molecule has 162 valence electrons. The molecule has 31 heavy (non-hydrogen) atoms. The van der Waals surface area contributed by atoms with Crippen LogP contribution in [0, 0.1) is 13.8 Å². The van der Waals surface area contributed by atoms with Crippen molar-refractivity contribution in [2.45, 2.75) is 32.7 Å². The van der Waals surface area contributed by atoms with Gasteiger partial charge in [-0.1, -0.05) is 54.1 Å². The number of nitrogens with zero attached hydrogens (tertiary/aromatic N) is 3. The number of nitrogens with one attached hydrogen (secondary N) is 1. The molecule has 3 aromatic rings. The summed E-state index contributed by atoms with van der Waals surface area (Å²) < 4.78 is 0. The maximum Gasteiger partial charge on any atom is 0.222 e. The van der Waals surface area contributed by atoms with Crippen molar-refractivity contribution in [3.8, 4) is 0 Å². The van der Waals surface area contributed by atoms with E-state index in [0.29, 0.717) is 6.42 Å². The molecule has 1 amide bonds. The van der Waals surface area contributed by atoms with Crippen molar-refractivity contribution < 1.29 is 4.79 Å². The zero-order valence-corrected chi connectivity index (χ0v) is 18.9. The van der Waals surface area contributed by atoms with Crippen molar-refractivity contribution >= 4 is 17.5 Å². The number of carbonyl (C=O) groups is 1. The Bertz CT molecular complexity index is 988. The van der Waals surface area contributed by atoms with Gasteiger partial charge in [0.1, 0.15) is 0 Å². The second-order valence-corrected chi connectivity index (χ2v) is 8.63. The van der Waals surface area contributed by atoms with Crippen LogP contribution >= 0.6 is 11.6 Å². The van der Waals surface area contributed by atoms with Gasteiger partial charge in [-0.25, -0.2) is 0 Å². The predicted octanol–water partition coefficient (Wildman–Crippen LogP) is 4.55. The van der Waals surface area contributed by atoms with Gasteiger partial charge in [-0.3, -0.25) is 14.8 Å². The molecule has 0 saturated carbocycles. The van der Waals surface area contributed by atoms with Crippen molar-refractivity contribution in [3.63, 3.8) is 0 Å². The third-order valence-electron chi connectivity index (χ3n) is 6.20. The second-order valence-electron chi connectivity index (χ2n) is 8.19. The summed E-state index contributed by atoms with van der Waals surface area (Å²) >= 11 is 6.12. The number of aromatic amines is 1. The van der Waals surface area contributed by atoms with Crippen LogP contribution < -0.4 is 0 Å². The first-order valence-electron chi connectivity index (χ1n) is 10.9. The van der Waals surface area contributed by atoms with Gasteiger partial charge in [-0.05, 0) is 49.1 Å². The monoisotopic (exact) mass is 436 g/mol. The van der Waals surface area contributed by atoms with Gasteiger partial charge in [0.15, 0.2) is 0 Å². The molecule has 1 fully saturated rings. The topological polar surface area (TPSA) is 52.2 Å². The maximum absolute atomic E-state index is 12.8. The van der Waals surface area contributed by atoms with Crippen LogP contribution in [0.2, 0.25) is 5.02 Å². The number of benzene rings is 2. The van der Waals surface area contributed by atoms with Crippen molar-refractivity contribution in [2.75, 3.05) is 26.2 Å². The molecule has 4 rings (SSSR count). The Balaban J connectivity index is 1.41. The zero-order chi connectivity index (χ0) is 21.8. The third-order valence-corrected chi connectivity index (χ3v) is 6.45. The fraction of sp³-hybridized carbons (Fsp3) is 0.360. The minimum atomic E-state index is 0.159. The molecular formula is C25H29ClN4O. The highest BCUT2D eigenvalue weighted by Crippen LogP contribution is 2.30. The summed E-state index contributed by atoms with van der Waals surface area (Å²) in [5.74, 6) is 0.224. The average molecular weight is 437 g/mol. The fourth-order valence-corrected chi connectivity index (χ4v) is 4.58. The largest absolute Gasteiger partial charge is 0.340 e. The fourth-order valence-electron chi connectivity index (χ4n) is 4.46. The maximum atomic E-state index is 12.8. The molecular weight excluding hydrogens is 408 g/mol. The molecule has 0 bridgehead atoms. The van der Waals surface area contributed by atoms with E-state index in [0.717, 1.165) is 49.0 Å². The van der Waals surface area contributed by atoms with Crippen molar-refractivity contribution in [3.05, 3.63) is 87.7 Å². The van der Waals surface area contributed by atoms with Gasteiger partial charge in [-0.2, -0.15) is 5.10 Å². The number of halogens is 1. The van der Waals surface area contributed by atoms with Gasteiger partial charge in [0.2, 0.25) is 5.91 Å². The normalized spacial score (nSPS) is 15.8. The lowest BCUT2D eigenvalue weighted by molar-refractivity contribution is -0.133. The molecule has 0 aliphatic carbocycles. The number of amides is 1. The second kappa shape index (κ2) is 9.67. The minimum Gasteiger partial charge on any atom is -0.340 e. The standard InChI is InChI=1S/C25H29ClN4O/c1-18-23(19(2)28-27-18)12-13-24(31)29-14-16-30(17-15-29)25(20-6-4-3-5-7-20)21-8-10-22(26)11-9-21/h3-11,25H,12-17H2,1-2H3,(H,27,28)/t25-/m1/s1. The summed E-state index contributed by atoms with van der Waals surface area (Å²) in [5, 5.41) is 7.98. The van der Waals surface area contributed by atoms with Gasteiger partial charge >= 0.3 is 0 Å². The number of piperazine rings is 1. The lowest BCUT2D eigenvalue weighted by atomic mass is 9.96. The number of hydrogen-bond donors (Lipinski definition) is 1. The predicted molar refractivity (Wildman–Crippen MR) is 124 cm³/mol. The summed E-state index contributed by atoms with van der Waals surface area (Å²) in [6, 6.07) is 18.8. The zero-order valence-electron chi connectivity index (χ0n) is 18.1. The Morgan fingerprint density at radius 3 is 2.26 bits per heavy atom. The number of hydrogen-bond acceptors (Lipinski definition) is 3. The van der Waals surface area contributed by atoms with E-state index in [1.165, 1.54) is 16.7 Å². The Labute approximate surface area is 189 Å². The van der Waals surface area contributed by atoms with Crippen LogP contribution in [0.15, 0.2) is 54.6 Å². The molecule has 1 atom stereocenters. The smallest absolute Gasteiger partial charge is 0.222 e. The Morgan fingerprint density at radius 1 is 1.00 bits per heavy atom. The lowest BCUT2D eigenvalue weighted by Gasteiger charge is -2.40. The number of aryl methyl sites for hydroxylation is 2. The molecule has 5 nitrogen and oxygen atoms in total. The van der Waals surface area contributed by atoms with E-state index < -0.39 is 0 Å². The van der Waals surface area contributed by atoms with E-state index in [-0.39, 0.29) is 11.9 Å². The van der Waals surface area contributed by atoms with E-state index in [1.54, 1.807) is 0 Å². The molecule has 1 aliphatic rings. The van der Waals surface area contributed by atoms with Gasteiger partial charge < -0.3 is 4.90 Å². The SMILES string of the molecule is Cc1n[nH]c(C)c1CCC(=O)N1CCN([C@H](c2ccccc2)c2ccc(Cl)cc2)CC1. The number of aromatic nitrogens is 2. The van der Waals surface area contributed by atoms with Crippen molar-refractivity contribution in [1.29, 1.82) is 0 Å². The van der Waals surface area contributed by atoms with E-state index in [1.807, 2.05) is 36.9 Å². The van der Waals surface area contributed by atoms with E-state index in [9.17, 15) is 4.79 Å². The summed E-state index contributed by atoms with van der Waals surface area (Å²) in [4.78, 5) is 17.3. The Hall–Kier alpha value is -2.63. The summed E-state index contributed by atoms with van der Waals surface area (Å²) in [7, 11) is 0. The highest BCUT2D eigenvalue weighted by molar-refractivity contribution is 6.30. The molecule has 1 N–H and O–H groups in total. The summed E-state index contributed by atoms with van der Waals surface area (Å²) in [5.41, 5.74) is 5.70. The highest BCUT2D eigenvalue weighted by atomic mass is 35.5. The van der Waals surface area contributed by atoms with Crippen LogP contribution in [-0.2, 0) is 11.2 Å². The first-order chi connectivity index (χ1) is 15.0. The van der Waals surface area contributed by atoms with Crippen molar-refractivity contribution in [1.82, 2.24) is 20.0 Å². The Kier molecular flexibility index (Phi) is 6.73. The lowest BCUT2D eigenvalue weighted by Crippen LogP contribution is -2.49. The van der Waals surface area contributed by atoms with Gasteiger partial charge in [0.25, 0.3) is 0 Å². The molecule has 1 saturated heterocycles. The summed E-state index contributed by atoms with van der Waals surface area (Å²) in [6.45, 7) is 7.19. The third kappa shape index (κ3) is 5.00. The number of carbonyl (C=O) groups excluding carboxylic acids is 1. The van der Waals surface area contributed by atoms with Crippen LogP contribution in [0.4, 0.5) is 0 Å². The van der Waals surface area contributed by atoms with Crippen LogP contribution in [0.5, 0.6) is 0 Å². The van der Waals surface area contributed by atoms with E-state index in [2.05, 4.69) is 51.5 Å². The van der Waals surface area contributed by atoms with Gasteiger partial charge in [-0.15, -0.1) is 0 Å². The number of rotatable bonds is 6. The van der Waals surface area contributed by atoms with Crippen molar-refractivity contribution in [2.24, 2.45) is 0 Å². The average Bonchev–Trinajstić information content (AvgIpc) is 3.12. The van der Waals surface area contributed by atoms with Gasteiger partial charge in [0.05, 0.1) is 11.7 Å². The van der Waals surface area contributed by atoms with Gasteiger partial charge in [0, 0.05) is 43.3 Å². The molecule has 0 spiro atoms.